The van der Waals surface area contributed by atoms with Crippen LogP contribution >= 0.6 is 11.6 Å². The van der Waals surface area contributed by atoms with E-state index >= 15 is 0 Å². The van der Waals surface area contributed by atoms with Crippen molar-refractivity contribution in [2.75, 3.05) is 5.88 Å². The Morgan fingerprint density at radius 2 is 1.90 bits per heavy atom. The third-order valence-electron chi connectivity index (χ3n) is 2.87. The van der Waals surface area contributed by atoms with Gasteiger partial charge < -0.3 is 5.73 Å². The number of carbonyl (C=O) groups is 1. The molecule has 0 saturated carbocycles. The van der Waals surface area contributed by atoms with E-state index < -0.39 is 5.82 Å². The predicted octanol–water partition coefficient (Wildman–Crippen LogP) is 3.48. The number of carbonyl (C=O) groups excluding carboxylic acids is 1. The van der Waals surface area contributed by atoms with Crippen LogP contribution < -0.4 is 5.73 Å². The maximum Gasteiger partial charge on any atom is 0.169 e. The number of ketones is 1. The van der Waals surface area contributed by atoms with Crippen LogP contribution in [0.3, 0.4) is 0 Å². The lowest BCUT2D eigenvalue weighted by atomic mass is 10.0. The van der Waals surface area contributed by atoms with Crippen LogP contribution in [0, 0.1) is 5.82 Å². The van der Waals surface area contributed by atoms with Gasteiger partial charge in [0.05, 0.1) is 11.6 Å². The van der Waals surface area contributed by atoms with E-state index in [-0.39, 0.29) is 29.5 Å². The summed E-state index contributed by atoms with van der Waals surface area (Å²) in [6.45, 7) is 0. The van der Waals surface area contributed by atoms with Crippen molar-refractivity contribution in [3.63, 3.8) is 0 Å². The summed E-state index contributed by atoms with van der Waals surface area (Å²) in [5.74, 6) is -0.488. The van der Waals surface area contributed by atoms with Gasteiger partial charge in [0.25, 0.3) is 0 Å². The van der Waals surface area contributed by atoms with Gasteiger partial charge in [-0.05, 0) is 23.8 Å². The zero-order valence-electron chi connectivity index (χ0n) is 11.2. The number of Topliss-reactive ketones (excluding diaryl/α,β-unsaturated/α-hetero) is 1. The highest BCUT2D eigenvalue weighted by molar-refractivity contribution is 6.28. The first kappa shape index (κ1) is 15.2. The second kappa shape index (κ2) is 6.99. The normalized spacial score (nSPS) is 11.4. The molecule has 21 heavy (non-hydrogen) atoms. The Hall–Kier alpha value is -2.20. The minimum absolute atomic E-state index is 0.0453. The molecule has 0 saturated heterocycles. The van der Waals surface area contributed by atoms with E-state index in [4.69, 9.17) is 17.3 Å². The first-order valence-corrected chi connectivity index (χ1v) is 6.89. The zero-order chi connectivity index (χ0) is 15.2. The number of benzene rings is 2. The molecule has 2 aromatic carbocycles. The summed E-state index contributed by atoms with van der Waals surface area (Å²) >= 11 is 5.58. The zero-order valence-corrected chi connectivity index (χ0v) is 12.0. The molecule has 0 aliphatic heterocycles. The fourth-order valence-corrected chi connectivity index (χ4v) is 1.95. The van der Waals surface area contributed by atoms with Gasteiger partial charge in [-0.1, -0.05) is 30.3 Å². The summed E-state index contributed by atoms with van der Waals surface area (Å²) in [5.41, 5.74) is 6.96. The summed E-state index contributed by atoms with van der Waals surface area (Å²) < 4.78 is 13.4. The smallest absolute Gasteiger partial charge is 0.169 e. The molecule has 0 aliphatic rings. The van der Waals surface area contributed by atoms with Crippen LogP contribution in [0.4, 0.5) is 10.1 Å². The lowest BCUT2D eigenvalue weighted by Crippen LogP contribution is -2.13. The van der Waals surface area contributed by atoms with Gasteiger partial charge in [0.15, 0.2) is 5.78 Å². The van der Waals surface area contributed by atoms with Gasteiger partial charge >= 0.3 is 0 Å². The molecule has 2 rings (SSSR count). The van der Waals surface area contributed by atoms with Gasteiger partial charge in [0.1, 0.15) is 11.7 Å². The minimum Gasteiger partial charge on any atom is -0.386 e. The van der Waals surface area contributed by atoms with Crippen LogP contribution in [-0.4, -0.2) is 17.5 Å². The molecule has 2 aromatic rings. The van der Waals surface area contributed by atoms with Crippen LogP contribution in [0.25, 0.3) is 0 Å². The molecule has 0 aromatic heterocycles. The maximum atomic E-state index is 13.4. The Balaban J connectivity index is 2.33. The van der Waals surface area contributed by atoms with E-state index in [0.717, 1.165) is 5.56 Å². The largest absolute Gasteiger partial charge is 0.386 e. The molecular weight excluding hydrogens is 291 g/mol. The monoisotopic (exact) mass is 304 g/mol. The van der Waals surface area contributed by atoms with Gasteiger partial charge in [0, 0.05) is 12.0 Å². The Morgan fingerprint density at radius 3 is 2.57 bits per heavy atom. The van der Waals surface area contributed by atoms with E-state index in [0.29, 0.717) is 5.69 Å². The molecule has 0 amide bonds. The van der Waals surface area contributed by atoms with E-state index in [1.54, 1.807) is 0 Å². The number of rotatable bonds is 5. The summed E-state index contributed by atoms with van der Waals surface area (Å²) in [6.07, 6.45) is 0.174. The van der Waals surface area contributed by atoms with Crippen molar-refractivity contribution in [3.8, 4) is 0 Å². The van der Waals surface area contributed by atoms with Gasteiger partial charge in [-0.15, -0.1) is 11.6 Å². The molecule has 0 fully saturated rings. The first-order valence-electron chi connectivity index (χ1n) is 6.36. The topological polar surface area (TPSA) is 55.4 Å². The Labute approximate surface area is 127 Å². The lowest BCUT2D eigenvalue weighted by molar-refractivity contribution is 0.0993. The summed E-state index contributed by atoms with van der Waals surface area (Å²) in [4.78, 5) is 16.4. The van der Waals surface area contributed by atoms with E-state index in [9.17, 15) is 9.18 Å². The second-order valence-corrected chi connectivity index (χ2v) is 4.75. The average molecular weight is 305 g/mol. The summed E-state index contributed by atoms with van der Waals surface area (Å²) in [5, 5.41) is 0. The Kier molecular flexibility index (Phi) is 5.06. The standard InChI is InChI=1S/C16H14ClFN2O/c17-10-16(19)20-14-7-6-12(18)9-13(14)15(21)8-11-4-2-1-3-5-11/h1-7,9H,8,10H2,(H2,19,20). The Morgan fingerprint density at radius 1 is 1.19 bits per heavy atom. The fourth-order valence-electron chi connectivity index (χ4n) is 1.89. The number of nitrogens with two attached hydrogens (primary N) is 1. The van der Waals surface area contributed by atoms with Crippen molar-refractivity contribution in [2.45, 2.75) is 6.42 Å². The quantitative estimate of drug-likeness (QED) is 0.398. The lowest BCUT2D eigenvalue weighted by Gasteiger charge is -2.06. The second-order valence-electron chi connectivity index (χ2n) is 4.48. The molecule has 0 aliphatic carbocycles. The van der Waals surface area contributed by atoms with Gasteiger partial charge in [-0.3, -0.25) is 4.79 Å². The van der Waals surface area contributed by atoms with Crippen molar-refractivity contribution in [3.05, 3.63) is 65.5 Å². The summed E-state index contributed by atoms with van der Waals surface area (Å²) in [6, 6.07) is 13.1. The number of hydrogen-bond donors (Lipinski definition) is 1. The molecule has 0 bridgehead atoms. The Bertz CT molecular complexity index is 671. The van der Waals surface area contributed by atoms with Crippen molar-refractivity contribution in [1.82, 2.24) is 0 Å². The highest BCUT2D eigenvalue weighted by Crippen LogP contribution is 2.22. The van der Waals surface area contributed by atoms with Crippen molar-refractivity contribution < 1.29 is 9.18 Å². The van der Waals surface area contributed by atoms with E-state index in [1.165, 1.54) is 18.2 Å². The van der Waals surface area contributed by atoms with Crippen LogP contribution in [0.1, 0.15) is 15.9 Å². The third kappa shape index (κ3) is 4.13. The molecule has 5 heteroatoms. The number of aliphatic imine (C=N–C) groups is 1. The molecule has 0 spiro atoms. The number of hydrogen-bond acceptors (Lipinski definition) is 2. The average Bonchev–Trinajstić information content (AvgIpc) is 2.49. The van der Waals surface area contributed by atoms with Crippen LogP contribution in [0.15, 0.2) is 53.5 Å². The molecular formula is C16H14ClFN2O. The van der Waals surface area contributed by atoms with E-state index in [1.807, 2.05) is 30.3 Å². The minimum atomic E-state index is -0.491. The highest BCUT2D eigenvalue weighted by Gasteiger charge is 2.13. The van der Waals surface area contributed by atoms with Crippen molar-refractivity contribution >= 4 is 28.9 Å². The molecule has 0 unspecified atom stereocenters. The SMILES string of the molecule is NC(CCl)=Nc1ccc(F)cc1C(=O)Cc1ccccc1. The number of halogens is 2. The van der Waals surface area contributed by atoms with E-state index in [2.05, 4.69) is 4.99 Å². The molecule has 0 radical (unpaired) electrons. The molecule has 3 nitrogen and oxygen atoms in total. The maximum absolute atomic E-state index is 13.4. The number of nitrogens with zero attached hydrogens (tertiary/aromatic N) is 1. The molecule has 108 valence electrons. The fraction of sp³-hybridized carbons (Fsp3) is 0.125. The highest BCUT2D eigenvalue weighted by atomic mass is 35.5. The predicted molar refractivity (Wildman–Crippen MR) is 82.9 cm³/mol. The van der Waals surface area contributed by atoms with Crippen LogP contribution in [-0.2, 0) is 6.42 Å². The molecule has 0 atom stereocenters. The van der Waals surface area contributed by atoms with Gasteiger partial charge in [-0.25, -0.2) is 9.38 Å². The van der Waals surface area contributed by atoms with Crippen LogP contribution in [0.2, 0.25) is 0 Å². The third-order valence-corrected chi connectivity index (χ3v) is 3.14. The number of amidine groups is 1. The molecule has 0 heterocycles. The summed E-state index contributed by atoms with van der Waals surface area (Å²) in [7, 11) is 0. The van der Waals surface area contributed by atoms with Crippen molar-refractivity contribution in [2.24, 2.45) is 10.7 Å². The number of alkyl halides is 1. The first-order chi connectivity index (χ1) is 10.1. The van der Waals surface area contributed by atoms with Crippen molar-refractivity contribution in [1.29, 1.82) is 0 Å². The van der Waals surface area contributed by atoms with Crippen LogP contribution in [0.5, 0.6) is 0 Å². The van der Waals surface area contributed by atoms with Gasteiger partial charge in [0.2, 0.25) is 0 Å². The van der Waals surface area contributed by atoms with Gasteiger partial charge in [-0.2, -0.15) is 0 Å². The molecule has 2 N–H and O–H groups in total.